The van der Waals surface area contributed by atoms with Crippen LogP contribution < -0.4 is 0 Å². The van der Waals surface area contributed by atoms with Gasteiger partial charge in [-0.1, -0.05) is 31.2 Å². The van der Waals surface area contributed by atoms with Crippen LogP contribution in [0, 0.1) is 11.7 Å². The Morgan fingerprint density at radius 2 is 2.00 bits per heavy atom. The van der Waals surface area contributed by atoms with Crippen LogP contribution >= 0.6 is 0 Å². The zero-order valence-electron chi connectivity index (χ0n) is 11.4. The van der Waals surface area contributed by atoms with Crippen LogP contribution in [0.1, 0.15) is 35.6 Å². The lowest BCUT2D eigenvalue weighted by atomic mass is 10.1. The third kappa shape index (κ3) is 3.20. The number of hydrogen-bond donors (Lipinski definition) is 1. The van der Waals surface area contributed by atoms with Crippen molar-refractivity contribution < 1.29 is 14.3 Å². The summed E-state index contributed by atoms with van der Waals surface area (Å²) < 4.78 is 14.4. The zero-order valence-corrected chi connectivity index (χ0v) is 11.4. The minimum absolute atomic E-state index is 0.0131. The maximum Gasteiger partial charge on any atom is 0.358 e. The molecule has 0 aliphatic rings. The SMILES string of the molecule is CC(C)Cc1c(C(=O)O)nnn1Cc1ccc(F)cc1. The first kappa shape index (κ1) is 14.2. The number of aromatic nitrogens is 3. The highest BCUT2D eigenvalue weighted by Crippen LogP contribution is 2.14. The molecule has 0 spiro atoms. The monoisotopic (exact) mass is 277 g/mol. The van der Waals surface area contributed by atoms with Crippen molar-refractivity contribution in [3.05, 3.63) is 47.0 Å². The van der Waals surface area contributed by atoms with Gasteiger partial charge in [-0.3, -0.25) is 0 Å². The first-order valence-corrected chi connectivity index (χ1v) is 6.37. The summed E-state index contributed by atoms with van der Waals surface area (Å²) in [6.45, 7) is 4.38. The summed E-state index contributed by atoms with van der Waals surface area (Å²) in [6.07, 6.45) is 0.579. The van der Waals surface area contributed by atoms with E-state index in [0.29, 0.717) is 24.6 Å². The molecule has 0 atom stereocenters. The molecule has 0 aliphatic carbocycles. The van der Waals surface area contributed by atoms with E-state index in [2.05, 4.69) is 10.3 Å². The fraction of sp³-hybridized carbons (Fsp3) is 0.357. The molecule has 0 aliphatic heterocycles. The molecule has 6 heteroatoms. The average molecular weight is 277 g/mol. The highest BCUT2D eigenvalue weighted by molar-refractivity contribution is 5.86. The van der Waals surface area contributed by atoms with Crippen molar-refractivity contribution in [2.75, 3.05) is 0 Å². The van der Waals surface area contributed by atoms with E-state index < -0.39 is 5.97 Å². The van der Waals surface area contributed by atoms with E-state index in [-0.39, 0.29) is 11.5 Å². The Balaban J connectivity index is 2.31. The van der Waals surface area contributed by atoms with Gasteiger partial charge in [-0.05, 0) is 30.0 Å². The molecule has 1 heterocycles. The number of aromatic carboxylic acids is 1. The zero-order chi connectivity index (χ0) is 14.7. The van der Waals surface area contributed by atoms with Gasteiger partial charge in [0, 0.05) is 0 Å². The molecule has 1 aromatic heterocycles. The van der Waals surface area contributed by atoms with Crippen molar-refractivity contribution >= 4 is 5.97 Å². The number of carboxylic acids is 1. The smallest absolute Gasteiger partial charge is 0.358 e. The molecule has 20 heavy (non-hydrogen) atoms. The van der Waals surface area contributed by atoms with Gasteiger partial charge in [0.15, 0.2) is 5.69 Å². The molecular formula is C14H16FN3O2. The molecule has 0 saturated heterocycles. The predicted octanol–water partition coefficient (Wildman–Crippen LogP) is 2.36. The van der Waals surface area contributed by atoms with Crippen molar-refractivity contribution in [2.45, 2.75) is 26.8 Å². The molecule has 106 valence electrons. The first-order valence-electron chi connectivity index (χ1n) is 6.37. The quantitative estimate of drug-likeness (QED) is 0.911. The third-order valence-electron chi connectivity index (χ3n) is 2.89. The first-order chi connectivity index (χ1) is 9.47. The Kier molecular flexibility index (Phi) is 4.12. The molecule has 0 bridgehead atoms. The number of halogens is 1. The maximum absolute atomic E-state index is 12.9. The molecule has 0 radical (unpaired) electrons. The number of rotatable bonds is 5. The van der Waals surface area contributed by atoms with Gasteiger partial charge in [-0.25, -0.2) is 13.9 Å². The summed E-state index contributed by atoms with van der Waals surface area (Å²) in [7, 11) is 0. The lowest BCUT2D eigenvalue weighted by Crippen LogP contribution is -2.12. The van der Waals surface area contributed by atoms with Crippen molar-refractivity contribution in [3.8, 4) is 0 Å². The third-order valence-corrected chi connectivity index (χ3v) is 2.89. The second kappa shape index (κ2) is 5.81. The van der Waals surface area contributed by atoms with Crippen LogP contribution in [0.2, 0.25) is 0 Å². The number of benzene rings is 1. The fourth-order valence-electron chi connectivity index (χ4n) is 1.98. The molecule has 0 saturated carbocycles. The van der Waals surface area contributed by atoms with Crippen molar-refractivity contribution in [1.82, 2.24) is 15.0 Å². The Labute approximate surface area is 116 Å². The Morgan fingerprint density at radius 3 is 2.55 bits per heavy atom. The van der Waals surface area contributed by atoms with Crippen LogP contribution in [0.25, 0.3) is 0 Å². The number of carbonyl (C=O) groups is 1. The number of hydrogen-bond acceptors (Lipinski definition) is 3. The highest BCUT2D eigenvalue weighted by atomic mass is 19.1. The van der Waals surface area contributed by atoms with E-state index in [1.165, 1.54) is 12.1 Å². The lowest BCUT2D eigenvalue weighted by molar-refractivity contribution is 0.0689. The molecular weight excluding hydrogens is 261 g/mol. The summed E-state index contributed by atoms with van der Waals surface area (Å²) in [5, 5.41) is 16.8. The van der Waals surface area contributed by atoms with Gasteiger partial charge < -0.3 is 5.11 Å². The lowest BCUT2D eigenvalue weighted by Gasteiger charge is -2.09. The van der Waals surface area contributed by atoms with Crippen LogP contribution in [0.3, 0.4) is 0 Å². The van der Waals surface area contributed by atoms with Gasteiger partial charge in [0.05, 0.1) is 12.2 Å². The highest BCUT2D eigenvalue weighted by Gasteiger charge is 2.19. The predicted molar refractivity (Wildman–Crippen MR) is 71.0 cm³/mol. The molecule has 0 amide bonds. The van der Waals surface area contributed by atoms with E-state index in [4.69, 9.17) is 5.11 Å². The molecule has 1 N–H and O–H groups in total. The summed E-state index contributed by atoms with van der Waals surface area (Å²) in [6, 6.07) is 6.03. The average Bonchev–Trinajstić information content (AvgIpc) is 2.75. The summed E-state index contributed by atoms with van der Waals surface area (Å²) >= 11 is 0. The van der Waals surface area contributed by atoms with Crippen molar-refractivity contribution in [3.63, 3.8) is 0 Å². The van der Waals surface area contributed by atoms with Gasteiger partial charge in [-0.2, -0.15) is 0 Å². The van der Waals surface area contributed by atoms with Gasteiger partial charge in [0.2, 0.25) is 0 Å². The Morgan fingerprint density at radius 1 is 1.35 bits per heavy atom. The van der Waals surface area contributed by atoms with E-state index in [1.807, 2.05) is 13.8 Å². The van der Waals surface area contributed by atoms with Crippen LogP contribution in [0.5, 0.6) is 0 Å². The molecule has 0 fully saturated rings. The van der Waals surface area contributed by atoms with Gasteiger partial charge in [0.25, 0.3) is 0 Å². The standard InChI is InChI=1S/C14H16FN3O2/c1-9(2)7-12-13(14(19)20)16-17-18(12)8-10-3-5-11(15)6-4-10/h3-6,9H,7-8H2,1-2H3,(H,19,20). The Bertz CT molecular complexity index is 605. The van der Waals surface area contributed by atoms with Gasteiger partial charge in [-0.15, -0.1) is 5.10 Å². The Hall–Kier alpha value is -2.24. The minimum atomic E-state index is -1.08. The van der Waals surface area contributed by atoms with E-state index in [1.54, 1.807) is 16.8 Å². The molecule has 0 unspecified atom stereocenters. The number of nitrogens with zero attached hydrogens (tertiary/aromatic N) is 3. The topological polar surface area (TPSA) is 68.0 Å². The van der Waals surface area contributed by atoms with Gasteiger partial charge in [0.1, 0.15) is 5.82 Å². The summed E-state index contributed by atoms with van der Waals surface area (Å²) in [5.41, 5.74) is 1.43. The van der Waals surface area contributed by atoms with Crippen LogP contribution in [-0.4, -0.2) is 26.1 Å². The fourth-order valence-corrected chi connectivity index (χ4v) is 1.98. The van der Waals surface area contributed by atoms with E-state index in [9.17, 15) is 9.18 Å². The second-order valence-electron chi connectivity index (χ2n) is 5.07. The van der Waals surface area contributed by atoms with Crippen molar-refractivity contribution in [2.24, 2.45) is 5.92 Å². The van der Waals surface area contributed by atoms with E-state index in [0.717, 1.165) is 5.56 Å². The van der Waals surface area contributed by atoms with Crippen LogP contribution in [-0.2, 0) is 13.0 Å². The molecule has 5 nitrogen and oxygen atoms in total. The van der Waals surface area contributed by atoms with Gasteiger partial charge >= 0.3 is 5.97 Å². The summed E-state index contributed by atoms with van der Waals surface area (Å²) in [5.74, 6) is -1.09. The second-order valence-corrected chi connectivity index (χ2v) is 5.07. The maximum atomic E-state index is 12.9. The molecule has 2 aromatic rings. The van der Waals surface area contributed by atoms with Crippen LogP contribution in [0.4, 0.5) is 4.39 Å². The number of carboxylic acid groups (broad SMARTS) is 1. The molecule has 1 aromatic carbocycles. The largest absolute Gasteiger partial charge is 0.476 e. The minimum Gasteiger partial charge on any atom is -0.476 e. The molecule has 2 rings (SSSR count). The summed E-state index contributed by atoms with van der Waals surface area (Å²) in [4.78, 5) is 11.1. The van der Waals surface area contributed by atoms with Crippen LogP contribution in [0.15, 0.2) is 24.3 Å². The normalized spacial score (nSPS) is 11.0. The van der Waals surface area contributed by atoms with Crippen molar-refractivity contribution in [1.29, 1.82) is 0 Å². The van der Waals surface area contributed by atoms with E-state index >= 15 is 0 Å².